The van der Waals surface area contributed by atoms with E-state index in [1.807, 2.05) is 0 Å². The van der Waals surface area contributed by atoms with E-state index in [0.717, 1.165) is 32.8 Å². The highest BCUT2D eigenvalue weighted by atomic mass is 16.5. The topological polar surface area (TPSA) is 103 Å². The first-order chi connectivity index (χ1) is 16.4. The fraction of sp³-hybridized carbons (Fsp3) is 0.440. The van der Waals surface area contributed by atoms with Gasteiger partial charge in [0.1, 0.15) is 30.3 Å². The maximum atomic E-state index is 13.4. The molecule has 0 saturated carbocycles. The average Bonchev–Trinajstić information content (AvgIpc) is 3.40. The monoisotopic (exact) mass is 471 g/mol. The van der Waals surface area contributed by atoms with Gasteiger partial charge in [0.25, 0.3) is 5.91 Å². The number of nitrogens with one attached hydrogen (secondary N) is 1. The molecule has 34 heavy (non-hydrogen) atoms. The molecule has 1 aromatic heterocycles. The lowest BCUT2D eigenvalue weighted by atomic mass is 9.94. The van der Waals surface area contributed by atoms with Crippen LogP contribution in [-0.4, -0.2) is 75.3 Å². The first-order valence-corrected chi connectivity index (χ1v) is 11.4. The number of aryl methyl sites for hydroxylation is 1. The first kappa shape index (κ1) is 23.8. The summed E-state index contributed by atoms with van der Waals surface area (Å²) in [5.74, 6) is -0.0146. The minimum absolute atomic E-state index is 0.0235. The number of rotatable bonds is 9. The van der Waals surface area contributed by atoms with Crippen molar-refractivity contribution < 1.29 is 38.2 Å². The van der Waals surface area contributed by atoms with Crippen molar-refractivity contribution in [1.82, 2.24) is 4.90 Å². The van der Waals surface area contributed by atoms with Crippen molar-refractivity contribution in [2.75, 3.05) is 53.6 Å². The van der Waals surface area contributed by atoms with E-state index in [-0.39, 0.29) is 11.3 Å². The van der Waals surface area contributed by atoms with E-state index in [1.165, 1.54) is 16.9 Å². The highest BCUT2D eigenvalue weighted by molar-refractivity contribution is 6.15. The van der Waals surface area contributed by atoms with Crippen molar-refractivity contribution in [3.8, 4) is 11.5 Å². The maximum Gasteiger partial charge on any atom is 0.290 e. The van der Waals surface area contributed by atoms with Gasteiger partial charge < -0.3 is 33.5 Å². The van der Waals surface area contributed by atoms with E-state index >= 15 is 0 Å². The van der Waals surface area contributed by atoms with Crippen molar-refractivity contribution in [3.63, 3.8) is 0 Å². The Bertz CT molecular complexity index is 1080. The number of methoxy groups -OCH3 is 2. The third-order valence-corrected chi connectivity index (χ3v) is 6.37. The normalized spacial score (nSPS) is 19.1. The van der Waals surface area contributed by atoms with Crippen LogP contribution in [0.25, 0.3) is 0 Å². The van der Waals surface area contributed by atoms with Gasteiger partial charge in [-0.15, -0.1) is 0 Å². The van der Waals surface area contributed by atoms with Crippen LogP contribution in [0.2, 0.25) is 0 Å². The molecule has 9 heteroatoms. The number of aliphatic hydroxyl groups excluding tert-OH is 1. The minimum atomic E-state index is -0.838. The van der Waals surface area contributed by atoms with Gasteiger partial charge in [0, 0.05) is 18.5 Å². The summed E-state index contributed by atoms with van der Waals surface area (Å²) in [5.41, 5.74) is 0.536. The molecule has 0 spiro atoms. The van der Waals surface area contributed by atoms with Gasteiger partial charge in [-0.1, -0.05) is 0 Å². The molecule has 2 aliphatic heterocycles. The molecular formula is C25H31N2O7+. The summed E-state index contributed by atoms with van der Waals surface area (Å²) >= 11 is 0. The summed E-state index contributed by atoms with van der Waals surface area (Å²) in [6.07, 6.45) is 0.707. The van der Waals surface area contributed by atoms with Crippen LogP contribution in [0.3, 0.4) is 0 Å². The molecule has 0 aliphatic carbocycles. The van der Waals surface area contributed by atoms with Gasteiger partial charge in [-0.3, -0.25) is 9.59 Å². The van der Waals surface area contributed by atoms with Crippen LogP contribution in [0.1, 0.15) is 34.3 Å². The number of quaternary nitrogens is 1. The lowest BCUT2D eigenvalue weighted by molar-refractivity contribution is -0.908. The Morgan fingerprint density at radius 1 is 1.18 bits per heavy atom. The largest absolute Gasteiger partial charge is 0.503 e. The van der Waals surface area contributed by atoms with E-state index in [0.29, 0.717) is 35.8 Å². The number of ketones is 1. The summed E-state index contributed by atoms with van der Waals surface area (Å²) in [7, 11) is 3.06. The molecule has 4 rings (SSSR count). The molecule has 9 nitrogen and oxygen atoms in total. The Hall–Kier alpha value is -3.30. The Labute approximate surface area is 198 Å². The number of carbonyl (C=O) groups is 2. The molecule has 1 fully saturated rings. The van der Waals surface area contributed by atoms with Crippen LogP contribution >= 0.6 is 0 Å². The average molecular weight is 472 g/mol. The van der Waals surface area contributed by atoms with Crippen molar-refractivity contribution in [2.24, 2.45) is 0 Å². The summed E-state index contributed by atoms with van der Waals surface area (Å²) in [4.78, 5) is 29.6. The lowest BCUT2D eigenvalue weighted by Gasteiger charge is -2.29. The predicted molar refractivity (Wildman–Crippen MR) is 122 cm³/mol. The zero-order valence-corrected chi connectivity index (χ0v) is 19.8. The third kappa shape index (κ3) is 4.67. The quantitative estimate of drug-likeness (QED) is 0.534. The van der Waals surface area contributed by atoms with Crippen LogP contribution in [0.4, 0.5) is 0 Å². The summed E-state index contributed by atoms with van der Waals surface area (Å²) in [6.45, 7) is 6.26. The summed E-state index contributed by atoms with van der Waals surface area (Å²) in [5, 5.41) is 10.9. The first-order valence-electron chi connectivity index (χ1n) is 11.4. The fourth-order valence-corrected chi connectivity index (χ4v) is 4.59. The zero-order valence-electron chi connectivity index (χ0n) is 19.8. The Morgan fingerprint density at radius 2 is 1.94 bits per heavy atom. The summed E-state index contributed by atoms with van der Waals surface area (Å²) in [6, 6.07) is 7.58. The van der Waals surface area contributed by atoms with Crippen molar-refractivity contribution in [1.29, 1.82) is 0 Å². The Balaban J connectivity index is 1.69. The number of Topliss-reactive ketones (excluding diaryl/α,β-unsaturated/α-hetero) is 1. The summed E-state index contributed by atoms with van der Waals surface area (Å²) < 4.78 is 21.9. The minimum Gasteiger partial charge on any atom is -0.503 e. The molecule has 2 aromatic rings. The standard InChI is InChI=1S/C25H30N2O7/c1-16-5-7-20(34-16)23(28)21-22(18-15-17(31-2)6-8-19(18)32-3)27(25(30)24(21)29)10-4-9-26-11-13-33-14-12-26/h5-8,15,22,29H,4,9-14H2,1-3H3/p+1/t22-/m1/s1. The van der Waals surface area contributed by atoms with E-state index in [1.54, 1.807) is 44.4 Å². The van der Waals surface area contributed by atoms with Gasteiger partial charge >= 0.3 is 0 Å². The molecule has 0 radical (unpaired) electrons. The number of amides is 1. The lowest BCUT2D eigenvalue weighted by Crippen LogP contribution is -3.14. The van der Waals surface area contributed by atoms with Crippen LogP contribution in [0.5, 0.6) is 11.5 Å². The molecule has 3 heterocycles. The smallest absolute Gasteiger partial charge is 0.290 e. The van der Waals surface area contributed by atoms with E-state index in [4.69, 9.17) is 18.6 Å². The fourth-order valence-electron chi connectivity index (χ4n) is 4.59. The van der Waals surface area contributed by atoms with Crippen molar-refractivity contribution in [3.05, 3.63) is 58.7 Å². The predicted octanol–water partition coefficient (Wildman–Crippen LogP) is 1.49. The Morgan fingerprint density at radius 3 is 2.59 bits per heavy atom. The van der Waals surface area contributed by atoms with Gasteiger partial charge in [-0.05, 0) is 37.3 Å². The van der Waals surface area contributed by atoms with E-state index < -0.39 is 23.5 Å². The molecular weight excluding hydrogens is 440 g/mol. The number of benzene rings is 1. The highest BCUT2D eigenvalue weighted by Gasteiger charge is 2.45. The van der Waals surface area contributed by atoms with Crippen LogP contribution in [0, 0.1) is 6.92 Å². The van der Waals surface area contributed by atoms with E-state index in [2.05, 4.69) is 0 Å². The second-order valence-corrected chi connectivity index (χ2v) is 8.48. The number of carbonyl (C=O) groups excluding carboxylic acids is 2. The van der Waals surface area contributed by atoms with E-state index in [9.17, 15) is 14.7 Å². The van der Waals surface area contributed by atoms with Crippen LogP contribution < -0.4 is 14.4 Å². The molecule has 1 aromatic carbocycles. The zero-order chi connectivity index (χ0) is 24.2. The second-order valence-electron chi connectivity index (χ2n) is 8.48. The number of morpholine rings is 1. The molecule has 2 N–H and O–H groups in total. The number of furan rings is 1. The van der Waals surface area contributed by atoms with Gasteiger partial charge in [-0.25, -0.2) is 0 Å². The molecule has 2 aliphatic rings. The number of ether oxygens (including phenoxy) is 3. The van der Waals surface area contributed by atoms with Crippen LogP contribution in [0.15, 0.2) is 46.1 Å². The van der Waals surface area contributed by atoms with Crippen LogP contribution in [-0.2, 0) is 9.53 Å². The van der Waals surface area contributed by atoms with Gasteiger partial charge in [-0.2, -0.15) is 0 Å². The third-order valence-electron chi connectivity index (χ3n) is 6.37. The highest BCUT2D eigenvalue weighted by Crippen LogP contribution is 2.43. The molecule has 0 bridgehead atoms. The van der Waals surface area contributed by atoms with Gasteiger partial charge in [0.05, 0.1) is 45.6 Å². The van der Waals surface area contributed by atoms with Crippen molar-refractivity contribution >= 4 is 11.7 Å². The number of hydrogen-bond acceptors (Lipinski definition) is 7. The number of nitrogens with zero attached hydrogens (tertiary/aromatic N) is 1. The number of aliphatic hydroxyl groups is 1. The second kappa shape index (κ2) is 10.3. The number of hydrogen-bond donors (Lipinski definition) is 2. The molecule has 1 saturated heterocycles. The molecule has 1 amide bonds. The Kier molecular flexibility index (Phi) is 7.23. The maximum absolute atomic E-state index is 13.4. The molecule has 1 atom stereocenters. The SMILES string of the molecule is COc1ccc(OC)c([C@@H]2C(C(=O)c3ccc(C)o3)=C(O)C(=O)N2CCC[NH+]2CCOCC2)c1. The molecule has 0 unspecified atom stereocenters. The van der Waals surface area contributed by atoms with Gasteiger partial charge in [0.15, 0.2) is 11.5 Å². The molecule has 182 valence electrons. The van der Waals surface area contributed by atoms with Crippen molar-refractivity contribution in [2.45, 2.75) is 19.4 Å². The van der Waals surface area contributed by atoms with Gasteiger partial charge in [0.2, 0.25) is 5.78 Å².